The number of methoxy groups -OCH3 is 1. The Balaban J connectivity index is 1.65. The normalized spacial score (nSPS) is 24.6. The second kappa shape index (κ2) is 8.10. The van der Waals surface area contributed by atoms with Gasteiger partial charge in [-0.1, -0.05) is 0 Å². The van der Waals surface area contributed by atoms with Crippen molar-refractivity contribution in [1.82, 2.24) is 15.2 Å². The fourth-order valence-corrected chi connectivity index (χ4v) is 3.45. The zero-order valence-electron chi connectivity index (χ0n) is 15.7. The topological polar surface area (TPSA) is 63.7 Å². The van der Waals surface area contributed by atoms with Gasteiger partial charge >= 0.3 is 6.18 Å². The van der Waals surface area contributed by atoms with Gasteiger partial charge in [-0.25, -0.2) is 4.39 Å². The molecule has 1 saturated heterocycles. The Kier molecular flexibility index (Phi) is 5.97. The van der Waals surface area contributed by atoms with Crippen LogP contribution in [0.25, 0.3) is 0 Å². The third-order valence-corrected chi connectivity index (χ3v) is 5.15. The van der Waals surface area contributed by atoms with Gasteiger partial charge in [0.15, 0.2) is 5.82 Å². The van der Waals surface area contributed by atoms with Gasteiger partial charge < -0.3 is 19.7 Å². The molecule has 2 aliphatic rings. The SMILES string of the molecule is COc1nc(O[C@H]2C[C@@H](C(F)(F)F)C2)c(F)cc1CN(C)C(=O)[C@@H]1CCCN1. The average Bonchev–Trinajstić information content (AvgIpc) is 3.11. The summed E-state index contributed by atoms with van der Waals surface area (Å²) in [6, 6.07) is 0.893. The van der Waals surface area contributed by atoms with Crippen molar-refractivity contribution in [2.24, 2.45) is 5.92 Å². The van der Waals surface area contributed by atoms with E-state index in [0.717, 1.165) is 25.5 Å². The van der Waals surface area contributed by atoms with E-state index in [9.17, 15) is 22.4 Å². The molecule has 2 fully saturated rings. The van der Waals surface area contributed by atoms with E-state index in [1.165, 1.54) is 12.0 Å². The second-order valence-corrected chi connectivity index (χ2v) is 7.24. The Hall–Kier alpha value is -2.10. The highest BCUT2D eigenvalue weighted by molar-refractivity contribution is 5.82. The Morgan fingerprint density at radius 2 is 2.07 bits per heavy atom. The van der Waals surface area contributed by atoms with E-state index in [2.05, 4.69) is 10.3 Å². The summed E-state index contributed by atoms with van der Waals surface area (Å²) < 4.78 is 62.5. The number of nitrogens with one attached hydrogen (secondary N) is 1. The number of hydrogen-bond acceptors (Lipinski definition) is 5. The van der Waals surface area contributed by atoms with Crippen LogP contribution in [0.3, 0.4) is 0 Å². The zero-order chi connectivity index (χ0) is 20.5. The van der Waals surface area contributed by atoms with Crippen molar-refractivity contribution in [2.45, 2.75) is 50.6 Å². The lowest BCUT2D eigenvalue weighted by Crippen LogP contribution is -2.42. The Bertz CT molecular complexity index is 717. The summed E-state index contributed by atoms with van der Waals surface area (Å²) >= 11 is 0. The standard InChI is InChI=1S/C18H23F4N3O3/c1-25(17(26)14-4-3-5-23-14)9-10-6-13(19)16(24-15(10)27-2)28-12-7-11(8-12)18(20,21)22/h6,11-12,14,23H,3-5,7-9H2,1-2H3/t11-,12+,14-/m0/s1. The molecule has 2 heterocycles. The molecule has 0 aromatic carbocycles. The van der Waals surface area contributed by atoms with Crippen LogP contribution in [-0.2, 0) is 11.3 Å². The third-order valence-electron chi connectivity index (χ3n) is 5.15. The summed E-state index contributed by atoms with van der Waals surface area (Å²) in [6.45, 7) is 0.871. The first-order valence-electron chi connectivity index (χ1n) is 9.14. The minimum absolute atomic E-state index is 0.0714. The van der Waals surface area contributed by atoms with E-state index >= 15 is 0 Å². The van der Waals surface area contributed by atoms with Crippen molar-refractivity contribution in [3.63, 3.8) is 0 Å². The lowest BCUT2D eigenvalue weighted by atomic mass is 9.82. The molecule has 1 amide bonds. The molecule has 6 nitrogen and oxygen atoms in total. The number of pyridine rings is 1. The van der Waals surface area contributed by atoms with Gasteiger partial charge in [0.2, 0.25) is 11.8 Å². The van der Waals surface area contributed by atoms with E-state index in [4.69, 9.17) is 9.47 Å². The molecule has 1 aliphatic carbocycles. The van der Waals surface area contributed by atoms with E-state index < -0.39 is 29.9 Å². The summed E-state index contributed by atoms with van der Waals surface area (Å²) in [5.74, 6) is -2.65. The molecular formula is C18H23F4N3O3. The van der Waals surface area contributed by atoms with Crippen LogP contribution in [0, 0.1) is 11.7 Å². The van der Waals surface area contributed by atoms with Gasteiger partial charge in [0.05, 0.1) is 25.6 Å². The number of halogens is 4. The quantitative estimate of drug-likeness (QED) is 0.738. The predicted molar refractivity (Wildman–Crippen MR) is 91.4 cm³/mol. The molecule has 1 N–H and O–H groups in total. The van der Waals surface area contributed by atoms with Crippen molar-refractivity contribution in [3.8, 4) is 11.8 Å². The molecule has 1 saturated carbocycles. The maximum absolute atomic E-state index is 14.4. The van der Waals surface area contributed by atoms with E-state index in [0.29, 0.717) is 5.56 Å². The fraction of sp³-hybridized carbons (Fsp3) is 0.667. The Morgan fingerprint density at radius 3 is 2.64 bits per heavy atom. The molecule has 1 aromatic rings. The van der Waals surface area contributed by atoms with E-state index in [1.54, 1.807) is 7.05 Å². The number of aromatic nitrogens is 1. The van der Waals surface area contributed by atoms with Crippen LogP contribution in [0.4, 0.5) is 17.6 Å². The first kappa shape index (κ1) is 20.6. The largest absolute Gasteiger partial charge is 0.481 e. The molecule has 28 heavy (non-hydrogen) atoms. The van der Waals surface area contributed by atoms with Crippen molar-refractivity contribution in [2.75, 3.05) is 20.7 Å². The maximum atomic E-state index is 14.4. The number of alkyl halides is 3. The summed E-state index contributed by atoms with van der Waals surface area (Å²) in [7, 11) is 2.95. The van der Waals surface area contributed by atoms with Crippen LogP contribution in [0.15, 0.2) is 6.07 Å². The summed E-state index contributed by atoms with van der Waals surface area (Å²) in [4.78, 5) is 17.8. The van der Waals surface area contributed by atoms with Crippen LogP contribution < -0.4 is 14.8 Å². The number of nitrogens with zero attached hydrogens (tertiary/aromatic N) is 2. The highest BCUT2D eigenvalue weighted by Gasteiger charge is 2.49. The van der Waals surface area contributed by atoms with Crippen LogP contribution in [-0.4, -0.2) is 54.8 Å². The predicted octanol–water partition coefficient (Wildman–Crippen LogP) is 2.66. The van der Waals surface area contributed by atoms with Gasteiger partial charge in [-0.15, -0.1) is 0 Å². The third kappa shape index (κ3) is 4.48. The van der Waals surface area contributed by atoms with E-state index in [1.807, 2.05) is 0 Å². The molecule has 3 rings (SSSR count). The lowest BCUT2D eigenvalue weighted by molar-refractivity contribution is -0.210. The lowest BCUT2D eigenvalue weighted by Gasteiger charge is -2.36. The van der Waals surface area contributed by atoms with E-state index in [-0.39, 0.29) is 37.2 Å². The van der Waals surface area contributed by atoms with Crippen LogP contribution >= 0.6 is 0 Å². The van der Waals surface area contributed by atoms with Crippen molar-refractivity contribution >= 4 is 5.91 Å². The molecule has 156 valence electrons. The minimum atomic E-state index is -4.27. The fourth-order valence-electron chi connectivity index (χ4n) is 3.45. The Morgan fingerprint density at radius 1 is 1.36 bits per heavy atom. The number of ether oxygens (including phenoxy) is 2. The molecule has 0 spiro atoms. The number of rotatable bonds is 6. The first-order valence-corrected chi connectivity index (χ1v) is 9.14. The monoisotopic (exact) mass is 405 g/mol. The molecular weight excluding hydrogens is 382 g/mol. The number of carbonyl (C=O) groups is 1. The summed E-state index contributed by atoms with van der Waals surface area (Å²) in [5, 5.41) is 3.11. The molecule has 1 aliphatic heterocycles. The van der Waals surface area contributed by atoms with Crippen LogP contribution in [0.5, 0.6) is 11.8 Å². The van der Waals surface area contributed by atoms with Gasteiger partial charge in [0.1, 0.15) is 6.10 Å². The molecule has 0 radical (unpaired) electrons. The average molecular weight is 405 g/mol. The second-order valence-electron chi connectivity index (χ2n) is 7.24. The number of amides is 1. The van der Waals surface area contributed by atoms with Gasteiger partial charge in [0.25, 0.3) is 5.88 Å². The highest BCUT2D eigenvalue weighted by Crippen LogP contribution is 2.43. The number of carbonyl (C=O) groups excluding carboxylic acids is 1. The van der Waals surface area contributed by atoms with Crippen LogP contribution in [0.1, 0.15) is 31.2 Å². The first-order chi connectivity index (χ1) is 13.2. The van der Waals surface area contributed by atoms with Crippen molar-refractivity contribution in [1.29, 1.82) is 0 Å². The molecule has 1 aromatic heterocycles. The highest BCUT2D eigenvalue weighted by atomic mass is 19.4. The zero-order valence-corrected chi connectivity index (χ0v) is 15.7. The number of hydrogen-bond donors (Lipinski definition) is 1. The molecule has 10 heteroatoms. The Labute approximate surface area is 160 Å². The van der Waals surface area contributed by atoms with Gasteiger partial charge in [0, 0.05) is 12.6 Å². The number of likely N-dealkylation sites (N-methyl/N-ethyl adjacent to an activating group) is 1. The van der Waals surface area contributed by atoms with Crippen LogP contribution in [0.2, 0.25) is 0 Å². The van der Waals surface area contributed by atoms with Gasteiger partial charge in [-0.3, -0.25) is 4.79 Å². The van der Waals surface area contributed by atoms with Crippen molar-refractivity contribution < 1.29 is 31.8 Å². The molecule has 0 bridgehead atoms. The van der Waals surface area contributed by atoms with Gasteiger partial charge in [-0.2, -0.15) is 18.2 Å². The minimum Gasteiger partial charge on any atom is -0.481 e. The maximum Gasteiger partial charge on any atom is 0.392 e. The summed E-state index contributed by atoms with van der Waals surface area (Å²) in [6.07, 6.45) is -3.77. The van der Waals surface area contributed by atoms with Crippen molar-refractivity contribution in [3.05, 3.63) is 17.4 Å². The molecule has 1 atom stereocenters. The summed E-state index contributed by atoms with van der Waals surface area (Å²) in [5.41, 5.74) is 0.350. The smallest absolute Gasteiger partial charge is 0.392 e. The molecule has 0 unspecified atom stereocenters. The van der Waals surface area contributed by atoms with Gasteiger partial charge in [-0.05, 0) is 38.3 Å².